The highest BCUT2D eigenvalue weighted by molar-refractivity contribution is 5.26. The zero-order valence-electron chi connectivity index (χ0n) is 7.73. The fraction of sp³-hybridized carbons (Fsp3) is 0.500. The normalized spacial score (nSPS) is 25.7. The lowest BCUT2D eigenvalue weighted by atomic mass is 10.1. The van der Waals surface area contributed by atoms with Crippen molar-refractivity contribution >= 4 is 0 Å². The molecular formula is C10H14N2O. The van der Waals surface area contributed by atoms with Gasteiger partial charge in [0.2, 0.25) is 5.88 Å². The van der Waals surface area contributed by atoms with Gasteiger partial charge in [-0.1, -0.05) is 6.07 Å². The molecule has 1 heterocycles. The Hall–Kier alpha value is -1.09. The average molecular weight is 178 g/mol. The Balaban J connectivity index is 2.07. The molecule has 1 saturated carbocycles. The average Bonchev–Trinajstić information content (AvgIpc) is 2.97. The molecule has 3 nitrogen and oxygen atoms in total. The standard InChI is InChI=1S/C10H14N2O/c1-13-10-3-2-7(6-12-10)9-4-8(9)5-11/h2-3,6,8-9H,4-5,11H2,1H3/t8-,9-/m0/s1. The SMILES string of the molecule is COc1ccc([C@@H]2C[C@H]2CN)cn1. The van der Waals surface area contributed by atoms with Crippen LogP contribution < -0.4 is 10.5 Å². The van der Waals surface area contributed by atoms with Gasteiger partial charge < -0.3 is 10.5 Å². The molecule has 13 heavy (non-hydrogen) atoms. The van der Waals surface area contributed by atoms with Crippen molar-refractivity contribution in [2.75, 3.05) is 13.7 Å². The second kappa shape index (κ2) is 3.34. The molecule has 0 unspecified atom stereocenters. The van der Waals surface area contributed by atoms with Gasteiger partial charge in [-0.15, -0.1) is 0 Å². The molecule has 0 radical (unpaired) electrons. The van der Waals surface area contributed by atoms with Gasteiger partial charge in [-0.05, 0) is 30.4 Å². The number of nitrogens with two attached hydrogens (primary N) is 1. The topological polar surface area (TPSA) is 48.1 Å². The Bertz CT molecular complexity index is 283. The van der Waals surface area contributed by atoms with E-state index in [1.807, 2.05) is 12.3 Å². The first kappa shape index (κ1) is 8.51. The van der Waals surface area contributed by atoms with E-state index in [0.29, 0.717) is 17.7 Å². The lowest BCUT2D eigenvalue weighted by Crippen LogP contribution is -2.02. The van der Waals surface area contributed by atoms with Gasteiger partial charge in [0.1, 0.15) is 0 Å². The van der Waals surface area contributed by atoms with Crippen LogP contribution in [-0.2, 0) is 0 Å². The van der Waals surface area contributed by atoms with E-state index in [9.17, 15) is 0 Å². The number of aromatic nitrogens is 1. The van der Waals surface area contributed by atoms with E-state index < -0.39 is 0 Å². The summed E-state index contributed by atoms with van der Waals surface area (Å²) < 4.78 is 4.99. The minimum Gasteiger partial charge on any atom is -0.481 e. The van der Waals surface area contributed by atoms with E-state index in [0.717, 1.165) is 6.54 Å². The molecule has 2 rings (SSSR count). The van der Waals surface area contributed by atoms with Crippen LogP contribution in [-0.4, -0.2) is 18.6 Å². The molecule has 0 aliphatic heterocycles. The van der Waals surface area contributed by atoms with Crippen molar-refractivity contribution in [3.05, 3.63) is 23.9 Å². The highest BCUT2D eigenvalue weighted by Gasteiger charge is 2.36. The number of nitrogens with zero attached hydrogens (tertiary/aromatic N) is 1. The molecule has 0 spiro atoms. The minimum absolute atomic E-state index is 0.642. The van der Waals surface area contributed by atoms with Crippen molar-refractivity contribution in [2.45, 2.75) is 12.3 Å². The molecule has 1 fully saturated rings. The van der Waals surface area contributed by atoms with Crippen LogP contribution in [0.4, 0.5) is 0 Å². The van der Waals surface area contributed by atoms with Crippen LogP contribution in [0.25, 0.3) is 0 Å². The molecule has 0 bridgehead atoms. The van der Waals surface area contributed by atoms with Gasteiger partial charge >= 0.3 is 0 Å². The summed E-state index contributed by atoms with van der Waals surface area (Å²) >= 11 is 0. The van der Waals surface area contributed by atoms with E-state index in [2.05, 4.69) is 11.1 Å². The fourth-order valence-electron chi connectivity index (χ4n) is 1.65. The number of hydrogen-bond acceptors (Lipinski definition) is 3. The third-order valence-electron chi connectivity index (χ3n) is 2.62. The van der Waals surface area contributed by atoms with Crippen molar-refractivity contribution < 1.29 is 4.74 Å². The second-order valence-electron chi connectivity index (χ2n) is 3.47. The Morgan fingerprint density at radius 3 is 2.92 bits per heavy atom. The predicted molar refractivity (Wildman–Crippen MR) is 50.7 cm³/mol. The van der Waals surface area contributed by atoms with Gasteiger partial charge in [0.15, 0.2) is 0 Å². The fourth-order valence-corrected chi connectivity index (χ4v) is 1.65. The zero-order chi connectivity index (χ0) is 9.26. The maximum absolute atomic E-state index is 5.57. The molecule has 1 aliphatic rings. The summed E-state index contributed by atoms with van der Waals surface area (Å²) in [6, 6.07) is 3.98. The van der Waals surface area contributed by atoms with Gasteiger partial charge in [0.05, 0.1) is 7.11 Å². The van der Waals surface area contributed by atoms with Crippen LogP contribution in [0.15, 0.2) is 18.3 Å². The summed E-state index contributed by atoms with van der Waals surface area (Å²) in [5.41, 5.74) is 6.86. The number of hydrogen-bond donors (Lipinski definition) is 1. The van der Waals surface area contributed by atoms with Crippen LogP contribution in [0, 0.1) is 5.92 Å². The molecule has 2 N–H and O–H groups in total. The van der Waals surface area contributed by atoms with Gasteiger partial charge in [-0.2, -0.15) is 0 Å². The molecule has 0 aromatic carbocycles. The molecular weight excluding hydrogens is 164 g/mol. The maximum Gasteiger partial charge on any atom is 0.212 e. The first-order chi connectivity index (χ1) is 6.35. The molecule has 2 atom stereocenters. The summed E-state index contributed by atoms with van der Waals surface area (Å²) in [5.74, 6) is 1.99. The summed E-state index contributed by atoms with van der Waals surface area (Å²) in [5, 5.41) is 0. The maximum atomic E-state index is 5.57. The highest BCUT2D eigenvalue weighted by atomic mass is 16.5. The second-order valence-corrected chi connectivity index (χ2v) is 3.47. The summed E-state index contributed by atoms with van der Waals surface area (Å²) in [4.78, 5) is 4.16. The Morgan fingerprint density at radius 2 is 2.46 bits per heavy atom. The van der Waals surface area contributed by atoms with E-state index in [1.54, 1.807) is 7.11 Å². The van der Waals surface area contributed by atoms with Gasteiger partial charge in [0, 0.05) is 12.3 Å². The Labute approximate surface area is 77.9 Å². The van der Waals surface area contributed by atoms with Crippen molar-refractivity contribution in [1.29, 1.82) is 0 Å². The number of ether oxygens (including phenoxy) is 1. The van der Waals surface area contributed by atoms with Crippen LogP contribution in [0.3, 0.4) is 0 Å². The van der Waals surface area contributed by atoms with Crippen LogP contribution in [0.5, 0.6) is 5.88 Å². The van der Waals surface area contributed by atoms with Crippen molar-refractivity contribution in [3.63, 3.8) is 0 Å². The minimum atomic E-state index is 0.642. The predicted octanol–water partition coefficient (Wildman–Crippen LogP) is 1.15. The van der Waals surface area contributed by atoms with Gasteiger partial charge in [-0.3, -0.25) is 0 Å². The molecule has 70 valence electrons. The van der Waals surface area contributed by atoms with E-state index >= 15 is 0 Å². The third-order valence-corrected chi connectivity index (χ3v) is 2.62. The molecule has 0 saturated heterocycles. The molecule has 1 aromatic heterocycles. The van der Waals surface area contributed by atoms with Gasteiger partial charge in [0.25, 0.3) is 0 Å². The number of rotatable bonds is 3. The third kappa shape index (κ3) is 1.65. The van der Waals surface area contributed by atoms with Crippen molar-refractivity contribution in [1.82, 2.24) is 4.98 Å². The summed E-state index contributed by atoms with van der Waals surface area (Å²) in [6.07, 6.45) is 3.10. The number of pyridine rings is 1. The van der Waals surface area contributed by atoms with Gasteiger partial charge in [-0.25, -0.2) is 4.98 Å². The molecule has 1 aromatic rings. The lowest BCUT2D eigenvalue weighted by molar-refractivity contribution is 0.397. The summed E-state index contributed by atoms with van der Waals surface area (Å²) in [6.45, 7) is 0.788. The van der Waals surface area contributed by atoms with E-state index in [1.165, 1.54) is 12.0 Å². The van der Waals surface area contributed by atoms with E-state index in [4.69, 9.17) is 10.5 Å². The molecule has 0 amide bonds. The van der Waals surface area contributed by atoms with Crippen LogP contribution in [0.2, 0.25) is 0 Å². The quantitative estimate of drug-likeness (QED) is 0.755. The first-order valence-electron chi connectivity index (χ1n) is 4.55. The monoisotopic (exact) mass is 178 g/mol. The van der Waals surface area contributed by atoms with Crippen molar-refractivity contribution in [3.8, 4) is 5.88 Å². The highest BCUT2D eigenvalue weighted by Crippen LogP contribution is 2.46. The van der Waals surface area contributed by atoms with Crippen LogP contribution >= 0.6 is 0 Å². The molecule has 3 heteroatoms. The first-order valence-corrected chi connectivity index (χ1v) is 4.55. The summed E-state index contributed by atoms with van der Waals surface area (Å²) in [7, 11) is 1.63. The molecule has 1 aliphatic carbocycles. The van der Waals surface area contributed by atoms with E-state index in [-0.39, 0.29) is 0 Å². The van der Waals surface area contributed by atoms with Crippen LogP contribution in [0.1, 0.15) is 17.9 Å². The number of methoxy groups -OCH3 is 1. The Morgan fingerprint density at radius 1 is 1.62 bits per heavy atom. The largest absolute Gasteiger partial charge is 0.481 e. The lowest BCUT2D eigenvalue weighted by Gasteiger charge is -2.00. The Kier molecular flexibility index (Phi) is 2.19. The zero-order valence-corrected chi connectivity index (χ0v) is 7.73. The van der Waals surface area contributed by atoms with Crippen molar-refractivity contribution in [2.24, 2.45) is 11.7 Å². The smallest absolute Gasteiger partial charge is 0.212 e.